The first kappa shape index (κ1) is 13.8. The highest BCUT2D eigenvalue weighted by Gasteiger charge is 2.05. The van der Waals surface area contributed by atoms with Gasteiger partial charge < -0.3 is 5.32 Å². The van der Waals surface area contributed by atoms with Crippen molar-refractivity contribution in [1.82, 2.24) is 14.8 Å². The summed E-state index contributed by atoms with van der Waals surface area (Å²) in [6.45, 7) is 6.49. The van der Waals surface area contributed by atoms with Crippen LogP contribution in [0.5, 0.6) is 0 Å². The van der Waals surface area contributed by atoms with Gasteiger partial charge in [0.1, 0.15) is 0 Å². The van der Waals surface area contributed by atoms with Crippen molar-refractivity contribution in [2.24, 2.45) is 0 Å². The summed E-state index contributed by atoms with van der Waals surface area (Å²) in [5.74, 6) is 0. The van der Waals surface area contributed by atoms with E-state index in [9.17, 15) is 8.42 Å². The molecule has 0 fully saturated rings. The smallest absolute Gasteiger partial charge is 0.276 e. The number of hydrogen-bond acceptors (Lipinski definition) is 3. The Morgan fingerprint density at radius 1 is 0.857 bits per heavy atom. The standard InChI is InChI=1S/C8H21N3O2S/c1-3-5-9-7-8-11-14(12,13)10-6-4-2/h9-11H,3-8H2,1-2H3. The molecule has 0 aliphatic rings. The zero-order valence-electron chi connectivity index (χ0n) is 8.97. The molecule has 0 aromatic carbocycles. The number of hydrogen-bond donors (Lipinski definition) is 3. The van der Waals surface area contributed by atoms with Crippen LogP contribution in [0.25, 0.3) is 0 Å². The van der Waals surface area contributed by atoms with Gasteiger partial charge in [0.05, 0.1) is 0 Å². The summed E-state index contributed by atoms with van der Waals surface area (Å²) in [6, 6.07) is 0. The summed E-state index contributed by atoms with van der Waals surface area (Å²) < 4.78 is 27.2. The van der Waals surface area contributed by atoms with E-state index in [0.29, 0.717) is 19.6 Å². The van der Waals surface area contributed by atoms with E-state index in [4.69, 9.17) is 0 Å². The molecule has 0 atom stereocenters. The monoisotopic (exact) mass is 223 g/mol. The van der Waals surface area contributed by atoms with Crippen molar-refractivity contribution in [2.45, 2.75) is 26.7 Å². The second kappa shape index (κ2) is 8.16. The van der Waals surface area contributed by atoms with Crippen LogP contribution < -0.4 is 14.8 Å². The molecule has 0 spiro atoms. The average Bonchev–Trinajstić information content (AvgIpc) is 2.15. The van der Waals surface area contributed by atoms with E-state index in [1.54, 1.807) is 0 Å². The van der Waals surface area contributed by atoms with Gasteiger partial charge in [0.25, 0.3) is 10.2 Å². The molecule has 86 valence electrons. The molecule has 0 amide bonds. The third-order valence-electron chi connectivity index (χ3n) is 1.56. The summed E-state index contributed by atoms with van der Waals surface area (Å²) in [6.07, 6.45) is 1.86. The van der Waals surface area contributed by atoms with Crippen molar-refractivity contribution in [2.75, 3.05) is 26.2 Å². The normalized spacial score (nSPS) is 11.9. The van der Waals surface area contributed by atoms with Crippen LogP contribution in [0, 0.1) is 0 Å². The second-order valence-electron chi connectivity index (χ2n) is 3.04. The fraction of sp³-hybridized carbons (Fsp3) is 1.00. The minimum atomic E-state index is -3.27. The van der Waals surface area contributed by atoms with Gasteiger partial charge in [0, 0.05) is 19.6 Å². The summed E-state index contributed by atoms with van der Waals surface area (Å²) in [5.41, 5.74) is 0. The molecule has 6 heteroatoms. The van der Waals surface area contributed by atoms with Crippen molar-refractivity contribution in [3.05, 3.63) is 0 Å². The average molecular weight is 223 g/mol. The maximum atomic E-state index is 11.2. The van der Waals surface area contributed by atoms with Crippen LogP contribution in [-0.2, 0) is 10.2 Å². The Morgan fingerprint density at radius 3 is 2.00 bits per heavy atom. The van der Waals surface area contributed by atoms with Crippen LogP contribution in [0.3, 0.4) is 0 Å². The topological polar surface area (TPSA) is 70.2 Å². The van der Waals surface area contributed by atoms with Gasteiger partial charge in [-0.25, -0.2) is 9.44 Å². The lowest BCUT2D eigenvalue weighted by Gasteiger charge is -2.07. The first-order valence-electron chi connectivity index (χ1n) is 5.07. The van der Waals surface area contributed by atoms with Gasteiger partial charge in [-0.1, -0.05) is 13.8 Å². The quantitative estimate of drug-likeness (QED) is 0.475. The third-order valence-corrected chi connectivity index (χ3v) is 2.73. The van der Waals surface area contributed by atoms with E-state index in [2.05, 4.69) is 21.7 Å². The number of rotatable bonds is 9. The molecule has 14 heavy (non-hydrogen) atoms. The Morgan fingerprint density at radius 2 is 1.43 bits per heavy atom. The molecular formula is C8H21N3O2S. The summed E-state index contributed by atoms with van der Waals surface area (Å²) >= 11 is 0. The molecule has 0 aliphatic heterocycles. The Bertz CT molecular complexity index is 217. The van der Waals surface area contributed by atoms with E-state index in [-0.39, 0.29) is 0 Å². The zero-order valence-corrected chi connectivity index (χ0v) is 9.78. The fourth-order valence-corrected chi connectivity index (χ4v) is 1.81. The second-order valence-corrected chi connectivity index (χ2v) is 4.63. The van der Waals surface area contributed by atoms with Gasteiger partial charge in [-0.3, -0.25) is 0 Å². The van der Waals surface area contributed by atoms with Crippen molar-refractivity contribution in [1.29, 1.82) is 0 Å². The van der Waals surface area contributed by atoms with Gasteiger partial charge in [-0.05, 0) is 19.4 Å². The van der Waals surface area contributed by atoms with Gasteiger partial charge in [-0.2, -0.15) is 8.42 Å². The van der Waals surface area contributed by atoms with Gasteiger partial charge >= 0.3 is 0 Å². The van der Waals surface area contributed by atoms with Crippen LogP contribution in [-0.4, -0.2) is 34.6 Å². The number of nitrogens with one attached hydrogen (secondary N) is 3. The Kier molecular flexibility index (Phi) is 8.07. The van der Waals surface area contributed by atoms with Crippen molar-refractivity contribution in [3.63, 3.8) is 0 Å². The summed E-state index contributed by atoms with van der Waals surface area (Å²) in [4.78, 5) is 0. The predicted molar refractivity (Wildman–Crippen MR) is 58.4 cm³/mol. The van der Waals surface area contributed by atoms with Crippen LogP contribution in [0.15, 0.2) is 0 Å². The Hall–Kier alpha value is -0.170. The van der Waals surface area contributed by atoms with Crippen LogP contribution in [0.1, 0.15) is 26.7 Å². The first-order valence-corrected chi connectivity index (χ1v) is 6.55. The lowest BCUT2D eigenvalue weighted by atomic mass is 10.5. The zero-order chi connectivity index (χ0) is 10.9. The Labute approximate surface area is 86.8 Å². The molecule has 0 radical (unpaired) electrons. The molecule has 0 rings (SSSR count). The van der Waals surface area contributed by atoms with E-state index >= 15 is 0 Å². The molecule has 0 aromatic heterocycles. The SMILES string of the molecule is CCCNCCNS(=O)(=O)NCCC. The fourth-order valence-electron chi connectivity index (χ4n) is 0.863. The molecule has 3 N–H and O–H groups in total. The van der Waals surface area contributed by atoms with Crippen LogP contribution >= 0.6 is 0 Å². The molecule has 0 saturated heterocycles. The van der Waals surface area contributed by atoms with E-state index in [1.807, 2.05) is 6.92 Å². The molecule has 0 bridgehead atoms. The van der Waals surface area contributed by atoms with Crippen molar-refractivity contribution >= 4 is 10.2 Å². The van der Waals surface area contributed by atoms with Gasteiger partial charge in [0.15, 0.2) is 0 Å². The lowest BCUT2D eigenvalue weighted by molar-refractivity contribution is 0.560. The third kappa shape index (κ3) is 8.43. The maximum absolute atomic E-state index is 11.2. The van der Waals surface area contributed by atoms with Crippen molar-refractivity contribution < 1.29 is 8.42 Å². The van der Waals surface area contributed by atoms with E-state index < -0.39 is 10.2 Å². The molecular weight excluding hydrogens is 202 g/mol. The largest absolute Gasteiger partial charge is 0.315 e. The maximum Gasteiger partial charge on any atom is 0.276 e. The van der Waals surface area contributed by atoms with Crippen LogP contribution in [0.4, 0.5) is 0 Å². The molecule has 0 aliphatic carbocycles. The first-order chi connectivity index (χ1) is 6.62. The molecule has 0 unspecified atom stereocenters. The molecule has 0 aromatic rings. The molecule has 0 heterocycles. The summed E-state index contributed by atoms with van der Waals surface area (Å²) in [7, 11) is -3.27. The highest BCUT2D eigenvalue weighted by Crippen LogP contribution is 1.78. The van der Waals surface area contributed by atoms with E-state index in [1.165, 1.54) is 0 Å². The van der Waals surface area contributed by atoms with Gasteiger partial charge in [-0.15, -0.1) is 0 Å². The minimum absolute atomic E-state index is 0.430. The van der Waals surface area contributed by atoms with Crippen LogP contribution in [0.2, 0.25) is 0 Å². The highest BCUT2D eigenvalue weighted by atomic mass is 32.2. The minimum Gasteiger partial charge on any atom is -0.315 e. The van der Waals surface area contributed by atoms with Gasteiger partial charge in [0.2, 0.25) is 0 Å². The van der Waals surface area contributed by atoms with Crippen molar-refractivity contribution in [3.8, 4) is 0 Å². The van der Waals surface area contributed by atoms with E-state index in [0.717, 1.165) is 19.4 Å². The Balaban J connectivity index is 3.46. The summed E-state index contributed by atoms with van der Waals surface area (Å²) in [5, 5.41) is 3.11. The predicted octanol–water partition coefficient (Wildman–Crippen LogP) is -0.180. The highest BCUT2D eigenvalue weighted by molar-refractivity contribution is 7.87. The molecule has 5 nitrogen and oxygen atoms in total. The molecule has 0 saturated carbocycles. The lowest BCUT2D eigenvalue weighted by Crippen LogP contribution is -2.40.